The topological polar surface area (TPSA) is 35.6 Å². The third-order valence-corrected chi connectivity index (χ3v) is 4.50. The van der Waals surface area contributed by atoms with Gasteiger partial charge < -0.3 is 15.1 Å². The third-order valence-electron chi connectivity index (χ3n) is 4.50. The number of hydrogen-bond acceptors (Lipinski definition) is 2. The molecule has 1 N–H and O–H groups in total. The Balaban J connectivity index is 1.84. The summed E-state index contributed by atoms with van der Waals surface area (Å²) < 4.78 is 0. The number of likely N-dealkylation sites (N-methyl/N-ethyl adjacent to an activating group) is 1. The molecule has 4 heteroatoms. The van der Waals surface area contributed by atoms with E-state index in [4.69, 9.17) is 0 Å². The van der Waals surface area contributed by atoms with Crippen molar-refractivity contribution in [2.24, 2.45) is 0 Å². The first-order chi connectivity index (χ1) is 9.08. The molecule has 0 bridgehead atoms. The van der Waals surface area contributed by atoms with E-state index in [2.05, 4.69) is 37.4 Å². The minimum atomic E-state index is 0.162. The number of rotatable bonds is 2. The summed E-state index contributed by atoms with van der Waals surface area (Å²) in [6.07, 6.45) is 0. The van der Waals surface area contributed by atoms with Gasteiger partial charge in [-0.05, 0) is 30.5 Å². The summed E-state index contributed by atoms with van der Waals surface area (Å²) in [4.78, 5) is 16.2. The van der Waals surface area contributed by atoms with Crippen LogP contribution in [0.15, 0.2) is 18.2 Å². The zero-order chi connectivity index (χ0) is 13.6. The SMILES string of the molecule is Cc1ccc(C2CN(C3CNC3)C(=O)N2C)cc1C. The Bertz CT molecular complexity index is 510. The number of nitrogens with zero attached hydrogens (tertiary/aromatic N) is 2. The van der Waals surface area contributed by atoms with Gasteiger partial charge in [0.15, 0.2) is 0 Å². The van der Waals surface area contributed by atoms with Crippen LogP contribution in [0.3, 0.4) is 0 Å². The van der Waals surface area contributed by atoms with Crippen molar-refractivity contribution in [3.8, 4) is 0 Å². The first kappa shape index (κ1) is 12.5. The third kappa shape index (κ3) is 2.00. The van der Waals surface area contributed by atoms with Gasteiger partial charge in [0.25, 0.3) is 0 Å². The van der Waals surface area contributed by atoms with Crippen molar-refractivity contribution in [1.29, 1.82) is 0 Å². The monoisotopic (exact) mass is 259 g/mol. The molecular weight excluding hydrogens is 238 g/mol. The largest absolute Gasteiger partial charge is 0.320 e. The highest BCUT2D eigenvalue weighted by Gasteiger charge is 2.40. The zero-order valence-electron chi connectivity index (χ0n) is 11.8. The normalized spacial score (nSPS) is 23.9. The average molecular weight is 259 g/mol. The maximum absolute atomic E-state index is 12.3. The number of carbonyl (C=O) groups is 1. The van der Waals surface area contributed by atoms with Crippen LogP contribution < -0.4 is 5.32 Å². The molecule has 3 rings (SSSR count). The molecule has 2 fully saturated rings. The number of hydrogen-bond donors (Lipinski definition) is 1. The van der Waals surface area contributed by atoms with Crippen molar-refractivity contribution in [2.45, 2.75) is 25.9 Å². The Morgan fingerprint density at radius 1 is 1.21 bits per heavy atom. The molecule has 2 aliphatic heterocycles. The molecule has 2 amide bonds. The van der Waals surface area contributed by atoms with E-state index >= 15 is 0 Å². The van der Waals surface area contributed by atoms with Crippen LogP contribution in [0.5, 0.6) is 0 Å². The van der Waals surface area contributed by atoms with Crippen LogP contribution in [0, 0.1) is 13.8 Å². The van der Waals surface area contributed by atoms with Gasteiger partial charge >= 0.3 is 6.03 Å². The summed E-state index contributed by atoms with van der Waals surface area (Å²) in [5.74, 6) is 0. The summed E-state index contributed by atoms with van der Waals surface area (Å²) in [7, 11) is 1.91. The van der Waals surface area contributed by atoms with Gasteiger partial charge in [-0.3, -0.25) is 0 Å². The minimum absolute atomic E-state index is 0.162. The molecule has 0 saturated carbocycles. The van der Waals surface area contributed by atoms with Gasteiger partial charge in [-0.25, -0.2) is 4.79 Å². The zero-order valence-corrected chi connectivity index (χ0v) is 11.8. The van der Waals surface area contributed by atoms with Gasteiger partial charge in [-0.2, -0.15) is 0 Å². The predicted molar refractivity (Wildman–Crippen MR) is 75.2 cm³/mol. The molecule has 2 heterocycles. The van der Waals surface area contributed by atoms with Crippen molar-refractivity contribution in [3.05, 3.63) is 34.9 Å². The summed E-state index contributed by atoms with van der Waals surface area (Å²) in [6.45, 7) is 6.92. The molecule has 2 saturated heterocycles. The van der Waals surface area contributed by atoms with Crippen molar-refractivity contribution >= 4 is 6.03 Å². The van der Waals surface area contributed by atoms with Gasteiger partial charge in [0.05, 0.1) is 12.1 Å². The minimum Gasteiger partial charge on any atom is -0.319 e. The second-order valence-electron chi connectivity index (χ2n) is 5.72. The van der Waals surface area contributed by atoms with Crippen LogP contribution in [0.1, 0.15) is 22.7 Å². The lowest BCUT2D eigenvalue weighted by Crippen LogP contribution is -2.57. The quantitative estimate of drug-likeness (QED) is 0.877. The Morgan fingerprint density at radius 3 is 2.53 bits per heavy atom. The Labute approximate surface area is 114 Å². The molecule has 0 spiro atoms. The molecule has 4 nitrogen and oxygen atoms in total. The number of amides is 2. The van der Waals surface area contributed by atoms with Crippen LogP contribution in [0.4, 0.5) is 4.79 Å². The molecule has 1 atom stereocenters. The summed E-state index contributed by atoms with van der Waals surface area (Å²) in [5, 5.41) is 3.23. The Kier molecular flexibility index (Phi) is 2.97. The van der Waals surface area contributed by atoms with E-state index in [1.54, 1.807) is 0 Å². The maximum atomic E-state index is 12.3. The average Bonchev–Trinajstić information content (AvgIpc) is 2.60. The molecular formula is C15H21N3O. The maximum Gasteiger partial charge on any atom is 0.320 e. The standard InChI is InChI=1S/C15H21N3O/c1-10-4-5-12(6-11(10)2)14-9-18(13-7-16-8-13)15(19)17(14)3/h4-6,13-14,16H,7-9H2,1-3H3. The smallest absolute Gasteiger partial charge is 0.319 e. The molecule has 1 unspecified atom stereocenters. The summed E-state index contributed by atoms with van der Waals surface area (Å²) in [6, 6.07) is 7.25. The molecule has 0 aliphatic carbocycles. The lowest BCUT2D eigenvalue weighted by molar-refractivity contribution is 0.162. The van der Waals surface area contributed by atoms with Gasteiger partial charge in [0, 0.05) is 26.7 Å². The Hall–Kier alpha value is -1.55. The number of nitrogens with one attached hydrogen (secondary N) is 1. The summed E-state index contributed by atoms with van der Waals surface area (Å²) >= 11 is 0. The van der Waals surface area contributed by atoms with Crippen LogP contribution in [-0.4, -0.2) is 48.6 Å². The van der Waals surface area contributed by atoms with E-state index in [0.29, 0.717) is 6.04 Å². The van der Waals surface area contributed by atoms with Crippen LogP contribution in [0.25, 0.3) is 0 Å². The van der Waals surface area contributed by atoms with Crippen molar-refractivity contribution < 1.29 is 4.79 Å². The van der Waals surface area contributed by atoms with Gasteiger partial charge in [0.1, 0.15) is 0 Å². The van der Waals surface area contributed by atoms with E-state index in [-0.39, 0.29) is 12.1 Å². The predicted octanol–water partition coefficient (Wildman–Crippen LogP) is 1.68. The second-order valence-corrected chi connectivity index (χ2v) is 5.72. The molecule has 1 aromatic carbocycles. The van der Waals surface area contributed by atoms with E-state index in [9.17, 15) is 4.79 Å². The molecule has 19 heavy (non-hydrogen) atoms. The Morgan fingerprint density at radius 2 is 1.95 bits per heavy atom. The van der Waals surface area contributed by atoms with Crippen LogP contribution >= 0.6 is 0 Å². The van der Waals surface area contributed by atoms with Crippen molar-refractivity contribution in [1.82, 2.24) is 15.1 Å². The number of benzene rings is 1. The van der Waals surface area contributed by atoms with E-state index < -0.39 is 0 Å². The summed E-state index contributed by atoms with van der Waals surface area (Å²) in [5.41, 5.74) is 3.84. The van der Waals surface area contributed by atoms with E-state index in [1.807, 2.05) is 16.8 Å². The van der Waals surface area contributed by atoms with Gasteiger partial charge in [0.2, 0.25) is 0 Å². The number of aryl methyl sites for hydroxylation is 2. The highest BCUT2D eigenvalue weighted by atomic mass is 16.2. The highest BCUT2D eigenvalue weighted by Crippen LogP contribution is 2.30. The second kappa shape index (κ2) is 4.53. The molecule has 0 radical (unpaired) electrons. The fourth-order valence-electron chi connectivity index (χ4n) is 2.82. The van der Waals surface area contributed by atoms with Crippen LogP contribution in [-0.2, 0) is 0 Å². The van der Waals surface area contributed by atoms with Gasteiger partial charge in [-0.1, -0.05) is 18.2 Å². The van der Waals surface area contributed by atoms with Gasteiger partial charge in [-0.15, -0.1) is 0 Å². The van der Waals surface area contributed by atoms with E-state index in [0.717, 1.165) is 19.6 Å². The van der Waals surface area contributed by atoms with Crippen molar-refractivity contribution in [3.63, 3.8) is 0 Å². The molecule has 102 valence electrons. The molecule has 0 aromatic heterocycles. The lowest BCUT2D eigenvalue weighted by Gasteiger charge is -2.34. The number of carbonyl (C=O) groups excluding carboxylic acids is 1. The van der Waals surface area contributed by atoms with Crippen molar-refractivity contribution in [2.75, 3.05) is 26.7 Å². The number of urea groups is 1. The first-order valence-corrected chi connectivity index (χ1v) is 6.89. The fourth-order valence-corrected chi connectivity index (χ4v) is 2.82. The molecule has 2 aliphatic rings. The van der Waals surface area contributed by atoms with E-state index in [1.165, 1.54) is 16.7 Å². The molecule has 1 aromatic rings. The fraction of sp³-hybridized carbons (Fsp3) is 0.533. The first-order valence-electron chi connectivity index (χ1n) is 6.89. The van der Waals surface area contributed by atoms with Crippen LogP contribution in [0.2, 0.25) is 0 Å². The lowest BCUT2D eigenvalue weighted by atomic mass is 10.0. The highest BCUT2D eigenvalue weighted by molar-refractivity contribution is 5.78.